The first kappa shape index (κ1) is 7.60. The molecule has 0 aliphatic heterocycles. The third kappa shape index (κ3) is 1.01. The predicted molar refractivity (Wildman–Crippen MR) is 45.2 cm³/mol. The van der Waals surface area contributed by atoms with Gasteiger partial charge in [-0.1, -0.05) is 20.8 Å². The molecule has 0 amide bonds. The van der Waals surface area contributed by atoms with E-state index in [0.717, 1.165) is 18.8 Å². The van der Waals surface area contributed by atoms with Gasteiger partial charge in [-0.2, -0.15) is 0 Å². The minimum atomic E-state index is -0.0336. The highest BCUT2D eigenvalue weighted by molar-refractivity contribution is 5.10. The van der Waals surface area contributed by atoms with Crippen LogP contribution in [0.3, 0.4) is 0 Å². The first-order valence-corrected chi connectivity index (χ1v) is 4.62. The lowest BCUT2D eigenvalue weighted by molar-refractivity contribution is 0.0344. The molecule has 2 saturated carbocycles. The second-order valence-corrected chi connectivity index (χ2v) is 5.46. The fourth-order valence-corrected chi connectivity index (χ4v) is 3.21. The van der Waals surface area contributed by atoms with Gasteiger partial charge in [0.2, 0.25) is 0 Å². The summed E-state index contributed by atoms with van der Waals surface area (Å²) < 4.78 is 0. The van der Waals surface area contributed by atoms with E-state index in [1.165, 1.54) is 6.42 Å². The van der Waals surface area contributed by atoms with E-state index in [-0.39, 0.29) is 6.10 Å². The van der Waals surface area contributed by atoms with Crippen molar-refractivity contribution in [3.8, 4) is 0 Å². The lowest BCUT2D eigenvalue weighted by Gasteiger charge is -2.36. The van der Waals surface area contributed by atoms with Gasteiger partial charge in [-0.15, -0.1) is 0 Å². The van der Waals surface area contributed by atoms with Crippen molar-refractivity contribution in [3.05, 3.63) is 0 Å². The van der Waals surface area contributed by atoms with E-state index >= 15 is 0 Å². The normalized spacial score (nSPS) is 53.5. The smallest absolute Gasteiger partial charge is 0.0550 e. The van der Waals surface area contributed by atoms with Gasteiger partial charge in [-0.05, 0) is 36.0 Å². The van der Waals surface area contributed by atoms with Crippen LogP contribution in [0.4, 0.5) is 0 Å². The zero-order chi connectivity index (χ0) is 8.28. The van der Waals surface area contributed by atoms with Gasteiger partial charge in [0.15, 0.2) is 0 Å². The molecule has 0 aromatic heterocycles. The van der Waals surface area contributed by atoms with E-state index in [2.05, 4.69) is 20.8 Å². The number of aliphatic hydroxyl groups excluding tert-OH is 1. The highest BCUT2D eigenvalue weighted by Crippen LogP contribution is 2.67. The molecule has 1 heteroatoms. The molecule has 2 aliphatic rings. The van der Waals surface area contributed by atoms with Gasteiger partial charge in [-0.3, -0.25) is 0 Å². The molecule has 0 bridgehead atoms. The Bertz CT molecular complexity index is 185. The Kier molecular flexibility index (Phi) is 1.26. The first-order valence-electron chi connectivity index (χ1n) is 4.62. The average molecular weight is 154 g/mol. The minimum Gasteiger partial charge on any atom is -0.393 e. The summed E-state index contributed by atoms with van der Waals surface area (Å²) in [6.07, 6.45) is 3.36. The predicted octanol–water partition coefficient (Wildman–Crippen LogP) is 2.19. The van der Waals surface area contributed by atoms with Gasteiger partial charge in [0.1, 0.15) is 0 Å². The maximum Gasteiger partial charge on any atom is 0.0550 e. The van der Waals surface area contributed by atoms with Crippen LogP contribution >= 0.6 is 0 Å². The summed E-state index contributed by atoms with van der Waals surface area (Å²) in [7, 11) is 0. The van der Waals surface area contributed by atoms with Gasteiger partial charge in [0.05, 0.1) is 6.10 Å². The number of rotatable bonds is 0. The molecule has 1 N–H and O–H groups in total. The molecule has 11 heavy (non-hydrogen) atoms. The lowest BCUT2D eigenvalue weighted by Crippen LogP contribution is -2.32. The van der Waals surface area contributed by atoms with Crippen molar-refractivity contribution in [1.82, 2.24) is 0 Å². The van der Waals surface area contributed by atoms with E-state index < -0.39 is 0 Å². The zero-order valence-corrected chi connectivity index (χ0v) is 7.72. The van der Waals surface area contributed by atoms with Crippen LogP contribution in [-0.2, 0) is 0 Å². The van der Waals surface area contributed by atoms with E-state index in [4.69, 9.17) is 0 Å². The zero-order valence-electron chi connectivity index (χ0n) is 7.72. The third-order valence-corrected chi connectivity index (χ3v) is 3.76. The highest BCUT2D eigenvalue weighted by atomic mass is 16.3. The fourth-order valence-electron chi connectivity index (χ4n) is 3.21. The minimum absolute atomic E-state index is 0.0336. The van der Waals surface area contributed by atoms with Crippen LogP contribution in [0.2, 0.25) is 0 Å². The molecule has 0 aromatic carbocycles. The number of hydrogen-bond donors (Lipinski definition) is 1. The fraction of sp³-hybridized carbons (Fsp3) is 1.00. The molecule has 1 nitrogen and oxygen atoms in total. The van der Waals surface area contributed by atoms with Crippen molar-refractivity contribution in [1.29, 1.82) is 0 Å². The van der Waals surface area contributed by atoms with E-state index in [1.807, 2.05) is 0 Å². The molecule has 0 saturated heterocycles. The molecule has 0 spiro atoms. The standard InChI is InChI=1S/C10H18O/c1-9(2)4-7(11)5-10(3)6-8(9)10/h7-8,11H,4-6H2,1-3H3/t7-,8-,10-/m1/s1. The lowest BCUT2D eigenvalue weighted by atomic mass is 9.72. The summed E-state index contributed by atoms with van der Waals surface area (Å²) in [6.45, 7) is 6.92. The van der Waals surface area contributed by atoms with Crippen molar-refractivity contribution >= 4 is 0 Å². The Labute approximate surface area is 68.8 Å². The second kappa shape index (κ2) is 1.82. The van der Waals surface area contributed by atoms with Crippen LogP contribution in [0.1, 0.15) is 40.0 Å². The summed E-state index contributed by atoms with van der Waals surface area (Å²) in [5, 5.41) is 9.61. The Morgan fingerprint density at radius 3 is 2.27 bits per heavy atom. The van der Waals surface area contributed by atoms with Crippen LogP contribution in [0, 0.1) is 16.7 Å². The highest BCUT2D eigenvalue weighted by Gasteiger charge is 2.60. The molecular formula is C10H18O. The molecule has 2 aliphatic carbocycles. The van der Waals surface area contributed by atoms with Gasteiger partial charge < -0.3 is 5.11 Å². The summed E-state index contributed by atoms with van der Waals surface area (Å²) in [6, 6.07) is 0. The Balaban J connectivity index is 2.18. The average Bonchev–Trinajstić information content (AvgIpc) is 2.37. The largest absolute Gasteiger partial charge is 0.393 e. The van der Waals surface area contributed by atoms with Gasteiger partial charge in [-0.25, -0.2) is 0 Å². The van der Waals surface area contributed by atoms with E-state index in [9.17, 15) is 5.11 Å². The molecule has 0 radical (unpaired) electrons. The maximum atomic E-state index is 9.61. The van der Waals surface area contributed by atoms with Crippen molar-refractivity contribution in [2.24, 2.45) is 16.7 Å². The van der Waals surface area contributed by atoms with Crippen molar-refractivity contribution in [2.45, 2.75) is 46.1 Å². The first-order chi connectivity index (χ1) is 4.94. The van der Waals surface area contributed by atoms with Gasteiger partial charge in [0.25, 0.3) is 0 Å². The third-order valence-electron chi connectivity index (χ3n) is 3.76. The Morgan fingerprint density at radius 2 is 1.73 bits per heavy atom. The summed E-state index contributed by atoms with van der Waals surface area (Å²) in [5.41, 5.74) is 0.896. The van der Waals surface area contributed by atoms with Gasteiger partial charge >= 0.3 is 0 Å². The monoisotopic (exact) mass is 154 g/mol. The Hall–Kier alpha value is -0.0400. The summed E-state index contributed by atoms with van der Waals surface area (Å²) in [4.78, 5) is 0. The van der Waals surface area contributed by atoms with E-state index in [0.29, 0.717) is 10.8 Å². The van der Waals surface area contributed by atoms with Crippen LogP contribution < -0.4 is 0 Å². The quantitative estimate of drug-likeness (QED) is 0.567. The van der Waals surface area contributed by atoms with Gasteiger partial charge in [0, 0.05) is 0 Å². The van der Waals surface area contributed by atoms with Crippen LogP contribution in [0.5, 0.6) is 0 Å². The molecule has 0 aromatic rings. The van der Waals surface area contributed by atoms with Crippen LogP contribution in [-0.4, -0.2) is 11.2 Å². The Morgan fingerprint density at radius 1 is 1.09 bits per heavy atom. The van der Waals surface area contributed by atoms with Crippen molar-refractivity contribution in [2.75, 3.05) is 0 Å². The molecule has 0 unspecified atom stereocenters. The van der Waals surface area contributed by atoms with Crippen molar-refractivity contribution < 1.29 is 5.11 Å². The SMILES string of the molecule is CC1(C)C[C@@H](O)C[C@]2(C)C[C@H]12. The molecule has 2 fully saturated rings. The number of fused-ring (bicyclic) bond motifs is 1. The molecule has 64 valence electrons. The number of hydrogen-bond acceptors (Lipinski definition) is 1. The molecular weight excluding hydrogens is 136 g/mol. The number of aliphatic hydroxyl groups is 1. The molecule has 0 heterocycles. The van der Waals surface area contributed by atoms with Crippen LogP contribution in [0.25, 0.3) is 0 Å². The summed E-state index contributed by atoms with van der Waals surface area (Å²) in [5.74, 6) is 0.887. The topological polar surface area (TPSA) is 20.2 Å². The summed E-state index contributed by atoms with van der Waals surface area (Å²) >= 11 is 0. The van der Waals surface area contributed by atoms with Crippen molar-refractivity contribution in [3.63, 3.8) is 0 Å². The van der Waals surface area contributed by atoms with Crippen LogP contribution in [0.15, 0.2) is 0 Å². The molecule has 3 atom stereocenters. The molecule has 2 rings (SSSR count). The second-order valence-electron chi connectivity index (χ2n) is 5.46. The maximum absolute atomic E-state index is 9.61. The van der Waals surface area contributed by atoms with E-state index in [1.54, 1.807) is 0 Å².